The molecule has 0 aliphatic carbocycles. The van der Waals surface area contributed by atoms with Gasteiger partial charge >= 0.3 is 5.97 Å². The van der Waals surface area contributed by atoms with Crippen molar-refractivity contribution in [1.29, 1.82) is 0 Å². The fraction of sp³-hybridized carbons (Fsp3) is 0.200. The summed E-state index contributed by atoms with van der Waals surface area (Å²) >= 11 is 7.54. The van der Waals surface area contributed by atoms with Gasteiger partial charge in [-0.15, -0.1) is 17.9 Å². The van der Waals surface area contributed by atoms with Crippen molar-refractivity contribution in [2.45, 2.75) is 20.4 Å². The first-order valence-electron chi connectivity index (χ1n) is 8.09. The van der Waals surface area contributed by atoms with Gasteiger partial charge in [-0.1, -0.05) is 35.9 Å². The number of carbonyl (C=O) groups is 2. The lowest BCUT2D eigenvalue weighted by molar-refractivity contribution is 0.0479. The van der Waals surface area contributed by atoms with Crippen LogP contribution in [0.2, 0.25) is 5.02 Å². The molecule has 2 aromatic heterocycles. The number of thiophene rings is 1. The van der Waals surface area contributed by atoms with Crippen LogP contribution in [0.5, 0.6) is 0 Å². The van der Waals surface area contributed by atoms with E-state index in [1.165, 1.54) is 11.3 Å². The number of aromatic nitrogens is 1. The largest absolute Gasteiger partial charge is 0.453 e. The summed E-state index contributed by atoms with van der Waals surface area (Å²) in [5.74, 6) is -0.816. The second kappa shape index (κ2) is 7.48. The number of hydrogen-bond donors (Lipinski definition) is 0. The average Bonchev–Trinajstić information content (AvgIpc) is 3.12. The Balaban J connectivity index is 1.75. The highest BCUT2D eigenvalue weighted by Crippen LogP contribution is 2.35. The summed E-state index contributed by atoms with van der Waals surface area (Å²) in [6, 6.07) is 9.29. The molecular formula is C20H18ClNO3S. The Morgan fingerprint density at radius 1 is 1.31 bits per heavy atom. The van der Waals surface area contributed by atoms with Gasteiger partial charge in [-0.05, 0) is 26.0 Å². The molecule has 6 heteroatoms. The smallest absolute Gasteiger partial charge is 0.350 e. The Kier molecular flexibility index (Phi) is 5.30. The summed E-state index contributed by atoms with van der Waals surface area (Å²) in [6.07, 6.45) is 1.78. The Labute approximate surface area is 160 Å². The van der Waals surface area contributed by atoms with Crippen molar-refractivity contribution in [3.8, 4) is 0 Å². The van der Waals surface area contributed by atoms with E-state index in [1.807, 2.05) is 42.7 Å². The fourth-order valence-corrected chi connectivity index (χ4v) is 4.32. The summed E-state index contributed by atoms with van der Waals surface area (Å²) in [5, 5.41) is 1.18. The molecule has 3 aromatic rings. The number of aryl methyl sites for hydroxylation is 1. The number of fused-ring (bicyclic) bond motifs is 1. The van der Waals surface area contributed by atoms with E-state index in [9.17, 15) is 9.59 Å². The molecule has 0 unspecified atom stereocenters. The molecule has 0 amide bonds. The molecule has 3 rings (SSSR count). The predicted molar refractivity (Wildman–Crippen MR) is 106 cm³/mol. The van der Waals surface area contributed by atoms with Gasteiger partial charge in [0.15, 0.2) is 6.61 Å². The average molecular weight is 388 g/mol. The molecule has 0 N–H and O–H groups in total. The molecule has 4 nitrogen and oxygen atoms in total. The minimum atomic E-state index is -0.579. The van der Waals surface area contributed by atoms with Crippen LogP contribution in [0.4, 0.5) is 0 Å². The molecule has 0 saturated carbocycles. The molecular weight excluding hydrogens is 370 g/mol. The number of hydrogen-bond acceptors (Lipinski definition) is 4. The minimum absolute atomic E-state index is 0.237. The van der Waals surface area contributed by atoms with Crippen LogP contribution >= 0.6 is 22.9 Å². The fourth-order valence-electron chi connectivity index (χ4n) is 2.91. The number of rotatable bonds is 6. The van der Waals surface area contributed by atoms with Gasteiger partial charge in [0, 0.05) is 33.6 Å². The highest BCUT2D eigenvalue weighted by atomic mass is 35.5. The van der Waals surface area contributed by atoms with Gasteiger partial charge in [0.2, 0.25) is 5.78 Å². The zero-order chi connectivity index (χ0) is 18.8. The molecule has 134 valence electrons. The van der Waals surface area contributed by atoms with Gasteiger partial charge in [0.05, 0.1) is 5.02 Å². The summed E-state index contributed by atoms with van der Waals surface area (Å²) in [4.78, 5) is 25.2. The Bertz CT molecular complexity index is 1020. The quantitative estimate of drug-likeness (QED) is 0.332. The molecule has 0 fully saturated rings. The first-order valence-corrected chi connectivity index (χ1v) is 9.28. The van der Waals surface area contributed by atoms with E-state index >= 15 is 0 Å². The molecule has 0 saturated heterocycles. The first kappa shape index (κ1) is 18.4. The second-order valence-corrected chi connectivity index (χ2v) is 7.35. The summed E-state index contributed by atoms with van der Waals surface area (Å²) in [5.41, 5.74) is 2.35. The normalized spacial score (nSPS) is 10.9. The minimum Gasteiger partial charge on any atom is -0.453 e. The maximum atomic E-state index is 12.5. The molecule has 2 heterocycles. The van der Waals surface area contributed by atoms with Crippen LogP contribution in [0.25, 0.3) is 10.1 Å². The van der Waals surface area contributed by atoms with E-state index in [0.29, 0.717) is 22.0 Å². The van der Waals surface area contributed by atoms with E-state index in [1.54, 1.807) is 12.1 Å². The topological polar surface area (TPSA) is 48.3 Å². The summed E-state index contributed by atoms with van der Waals surface area (Å²) in [7, 11) is 0. The molecule has 0 bridgehead atoms. The third-order valence-electron chi connectivity index (χ3n) is 4.24. The van der Waals surface area contributed by atoms with Crippen molar-refractivity contribution in [1.82, 2.24) is 4.57 Å². The van der Waals surface area contributed by atoms with Crippen molar-refractivity contribution in [3.05, 3.63) is 69.8 Å². The Morgan fingerprint density at radius 3 is 2.73 bits per heavy atom. The highest BCUT2D eigenvalue weighted by Gasteiger charge is 2.21. The van der Waals surface area contributed by atoms with Crippen LogP contribution in [0.1, 0.15) is 31.4 Å². The maximum absolute atomic E-state index is 12.5. The van der Waals surface area contributed by atoms with E-state index in [4.69, 9.17) is 16.3 Å². The predicted octanol–water partition coefficient (Wildman–Crippen LogP) is 5.20. The van der Waals surface area contributed by atoms with Gasteiger partial charge in [0.1, 0.15) is 4.88 Å². The highest BCUT2D eigenvalue weighted by molar-refractivity contribution is 7.21. The summed E-state index contributed by atoms with van der Waals surface area (Å²) < 4.78 is 8.12. The van der Waals surface area contributed by atoms with Gasteiger partial charge in [-0.3, -0.25) is 4.79 Å². The number of esters is 1. The van der Waals surface area contributed by atoms with Crippen LogP contribution in [-0.2, 0) is 11.3 Å². The van der Waals surface area contributed by atoms with Crippen molar-refractivity contribution in [3.63, 3.8) is 0 Å². The third-order valence-corrected chi connectivity index (χ3v) is 5.90. The van der Waals surface area contributed by atoms with Crippen molar-refractivity contribution in [2.24, 2.45) is 0 Å². The van der Waals surface area contributed by atoms with Crippen molar-refractivity contribution < 1.29 is 14.3 Å². The Morgan fingerprint density at radius 2 is 2.04 bits per heavy atom. The van der Waals surface area contributed by atoms with Gasteiger partial charge < -0.3 is 9.30 Å². The van der Waals surface area contributed by atoms with Crippen LogP contribution in [0.15, 0.2) is 43.0 Å². The lowest BCUT2D eigenvalue weighted by Gasteiger charge is -2.06. The molecule has 0 atom stereocenters. The number of allylic oxidation sites excluding steroid dienone is 1. The molecule has 0 spiro atoms. The zero-order valence-electron chi connectivity index (χ0n) is 14.5. The van der Waals surface area contributed by atoms with E-state index < -0.39 is 5.97 Å². The van der Waals surface area contributed by atoms with Crippen LogP contribution in [0.3, 0.4) is 0 Å². The standard InChI is InChI=1S/C20H18ClNO3S/c1-4-9-22-12(2)10-15(13(22)3)16(23)11-25-20(24)19-18(21)14-7-5-6-8-17(14)26-19/h4-8,10H,1,9,11H2,2-3H3. The lowest BCUT2D eigenvalue weighted by Crippen LogP contribution is -2.14. The van der Waals surface area contributed by atoms with E-state index in [2.05, 4.69) is 6.58 Å². The number of benzene rings is 1. The second-order valence-electron chi connectivity index (χ2n) is 5.92. The SMILES string of the molecule is C=CCn1c(C)cc(C(=O)COC(=O)c2sc3ccccc3c2Cl)c1C. The monoisotopic (exact) mass is 387 g/mol. The van der Waals surface area contributed by atoms with Crippen LogP contribution in [-0.4, -0.2) is 22.9 Å². The molecule has 0 aliphatic rings. The zero-order valence-corrected chi connectivity index (χ0v) is 16.1. The Hall–Kier alpha value is -2.37. The lowest BCUT2D eigenvalue weighted by atomic mass is 10.1. The van der Waals surface area contributed by atoms with Crippen molar-refractivity contribution in [2.75, 3.05) is 6.61 Å². The van der Waals surface area contributed by atoms with Gasteiger partial charge in [0.25, 0.3) is 0 Å². The number of nitrogens with zero attached hydrogens (tertiary/aromatic N) is 1. The van der Waals surface area contributed by atoms with Gasteiger partial charge in [-0.2, -0.15) is 0 Å². The van der Waals surface area contributed by atoms with E-state index in [-0.39, 0.29) is 12.4 Å². The molecule has 1 aromatic carbocycles. The maximum Gasteiger partial charge on any atom is 0.350 e. The molecule has 0 aliphatic heterocycles. The van der Waals surface area contributed by atoms with Crippen LogP contribution in [0, 0.1) is 13.8 Å². The molecule has 26 heavy (non-hydrogen) atoms. The number of carbonyl (C=O) groups excluding carboxylic acids is 2. The number of halogens is 1. The number of ketones is 1. The number of Topliss-reactive ketones (excluding diaryl/α,β-unsaturated/α-hetero) is 1. The van der Waals surface area contributed by atoms with Crippen LogP contribution < -0.4 is 0 Å². The van der Waals surface area contributed by atoms with E-state index in [0.717, 1.165) is 21.5 Å². The molecule has 0 radical (unpaired) electrons. The first-order chi connectivity index (χ1) is 12.4. The summed E-state index contributed by atoms with van der Waals surface area (Å²) in [6.45, 7) is 7.83. The third kappa shape index (κ3) is 3.32. The number of ether oxygens (including phenoxy) is 1. The van der Waals surface area contributed by atoms with Gasteiger partial charge in [-0.25, -0.2) is 4.79 Å². The van der Waals surface area contributed by atoms with Crippen molar-refractivity contribution >= 4 is 44.8 Å².